The van der Waals surface area contributed by atoms with Crippen LogP contribution < -0.4 is 5.32 Å². The lowest BCUT2D eigenvalue weighted by Crippen LogP contribution is -2.47. The molecule has 3 rings (SSSR count). The number of amides is 2. The number of nitrogens with zero attached hydrogens (tertiary/aromatic N) is 1. The Morgan fingerprint density at radius 2 is 1.45 bits per heavy atom. The maximum absolute atomic E-state index is 12.3. The van der Waals surface area contributed by atoms with E-state index in [4.69, 9.17) is 0 Å². The standard InChI is InChI=1S/C18H18N2O2/c1-13(19-12-11-14-7-3-2-4-8-14)20-17(21)15-9-5-6-10-16(15)18(20)22/h2-10,13,19H,11-12H2,1H3. The summed E-state index contributed by atoms with van der Waals surface area (Å²) in [6.45, 7) is 2.55. The number of fused-ring (bicyclic) bond motifs is 1. The van der Waals surface area contributed by atoms with E-state index in [1.807, 2.05) is 25.1 Å². The number of carbonyl (C=O) groups excluding carboxylic acids is 2. The maximum Gasteiger partial charge on any atom is 0.262 e. The molecule has 1 unspecified atom stereocenters. The summed E-state index contributed by atoms with van der Waals surface area (Å²) in [5.41, 5.74) is 2.21. The molecule has 1 N–H and O–H groups in total. The molecule has 4 heteroatoms. The van der Waals surface area contributed by atoms with Gasteiger partial charge in [0.2, 0.25) is 0 Å². The van der Waals surface area contributed by atoms with Gasteiger partial charge in [-0.1, -0.05) is 42.5 Å². The number of benzene rings is 2. The highest BCUT2D eigenvalue weighted by Crippen LogP contribution is 2.23. The molecule has 1 aliphatic heterocycles. The Labute approximate surface area is 129 Å². The van der Waals surface area contributed by atoms with Crippen molar-refractivity contribution in [1.29, 1.82) is 0 Å². The Morgan fingerprint density at radius 3 is 2.05 bits per heavy atom. The van der Waals surface area contributed by atoms with Crippen LogP contribution in [0.15, 0.2) is 54.6 Å². The summed E-state index contributed by atoms with van der Waals surface area (Å²) in [5, 5.41) is 3.25. The molecule has 0 fully saturated rings. The van der Waals surface area contributed by atoms with Gasteiger partial charge in [0.1, 0.15) is 0 Å². The largest absolute Gasteiger partial charge is 0.297 e. The zero-order valence-electron chi connectivity index (χ0n) is 12.5. The predicted octanol–water partition coefficient (Wildman–Crippen LogP) is 2.46. The summed E-state index contributed by atoms with van der Waals surface area (Å²) < 4.78 is 0. The minimum Gasteiger partial charge on any atom is -0.297 e. The van der Waals surface area contributed by atoms with Gasteiger partial charge < -0.3 is 0 Å². The molecule has 2 aromatic carbocycles. The van der Waals surface area contributed by atoms with Crippen molar-refractivity contribution in [2.24, 2.45) is 0 Å². The summed E-state index contributed by atoms with van der Waals surface area (Å²) in [6, 6.07) is 17.1. The van der Waals surface area contributed by atoms with Gasteiger partial charge >= 0.3 is 0 Å². The average molecular weight is 294 g/mol. The Kier molecular flexibility index (Phi) is 4.02. The van der Waals surface area contributed by atoms with Crippen molar-refractivity contribution in [1.82, 2.24) is 10.2 Å². The van der Waals surface area contributed by atoms with Gasteiger partial charge in [-0.3, -0.25) is 19.8 Å². The van der Waals surface area contributed by atoms with Crippen LogP contribution in [-0.2, 0) is 6.42 Å². The van der Waals surface area contributed by atoms with Crippen LogP contribution >= 0.6 is 0 Å². The molecule has 1 heterocycles. The third-order valence-corrected chi connectivity index (χ3v) is 3.91. The second-order valence-electron chi connectivity index (χ2n) is 5.39. The van der Waals surface area contributed by atoms with E-state index in [0.717, 1.165) is 6.42 Å². The third-order valence-electron chi connectivity index (χ3n) is 3.91. The fourth-order valence-corrected chi connectivity index (χ4v) is 2.72. The third kappa shape index (κ3) is 2.65. The lowest BCUT2D eigenvalue weighted by atomic mass is 10.1. The Bertz CT molecular complexity index is 662. The van der Waals surface area contributed by atoms with Gasteiger partial charge in [-0.15, -0.1) is 0 Å². The number of nitrogens with one attached hydrogen (secondary N) is 1. The van der Waals surface area contributed by atoms with Gasteiger partial charge in [0, 0.05) is 6.54 Å². The first-order chi connectivity index (χ1) is 10.7. The molecule has 2 aromatic rings. The van der Waals surface area contributed by atoms with Crippen LogP contribution in [0.4, 0.5) is 0 Å². The lowest BCUT2D eigenvalue weighted by Gasteiger charge is -2.23. The molecule has 4 nitrogen and oxygen atoms in total. The summed E-state index contributed by atoms with van der Waals surface area (Å²) >= 11 is 0. The Balaban J connectivity index is 1.63. The van der Waals surface area contributed by atoms with E-state index in [9.17, 15) is 9.59 Å². The van der Waals surface area contributed by atoms with Crippen molar-refractivity contribution < 1.29 is 9.59 Å². The highest BCUT2D eigenvalue weighted by molar-refractivity contribution is 6.21. The van der Waals surface area contributed by atoms with Crippen molar-refractivity contribution in [3.63, 3.8) is 0 Å². The van der Waals surface area contributed by atoms with Gasteiger partial charge in [0.25, 0.3) is 11.8 Å². The van der Waals surface area contributed by atoms with Crippen molar-refractivity contribution in [3.05, 3.63) is 71.3 Å². The number of hydrogen-bond acceptors (Lipinski definition) is 3. The summed E-state index contributed by atoms with van der Waals surface area (Å²) in [6.07, 6.45) is 0.532. The van der Waals surface area contributed by atoms with E-state index in [1.54, 1.807) is 24.3 Å². The second-order valence-corrected chi connectivity index (χ2v) is 5.39. The Morgan fingerprint density at radius 1 is 0.909 bits per heavy atom. The van der Waals surface area contributed by atoms with Crippen molar-refractivity contribution in [2.75, 3.05) is 6.54 Å². The van der Waals surface area contributed by atoms with E-state index in [0.29, 0.717) is 17.7 Å². The van der Waals surface area contributed by atoms with Crippen LogP contribution in [0.1, 0.15) is 33.2 Å². The number of carbonyl (C=O) groups is 2. The smallest absolute Gasteiger partial charge is 0.262 e. The van der Waals surface area contributed by atoms with Gasteiger partial charge in [-0.2, -0.15) is 0 Å². The molecule has 0 saturated heterocycles. The number of rotatable bonds is 5. The minimum absolute atomic E-state index is 0.222. The summed E-state index contributed by atoms with van der Waals surface area (Å²) in [4.78, 5) is 26.0. The Hall–Kier alpha value is -2.46. The van der Waals surface area contributed by atoms with Crippen molar-refractivity contribution >= 4 is 11.8 Å². The monoisotopic (exact) mass is 294 g/mol. The van der Waals surface area contributed by atoms with E-state index >= 15 is 0 Å². The topological polar surface area (TPSA) is 49.4 Å². The molecule has 0 spiro atoms. The molecule has 2 amide bonds. The molecular formula is C18H18N2O2. The minimum atomic E-state index is -0.323. The maximum atomic E-state index is 12.3. The van der Waals surface area contributed by atoms with Gasteiger partial charge in [0.05, 0.1) is 17.3 Å². The fraction of sp³-hybridized carbons (Fsp3) is 0.222. The molecule has 112 valence electrons. The summed E-state index contributed by atoms with van der Waals surface area (Å²) in [7, 11) is 0. The first kappa shape index (κ1) is 14.5. The average Bonchev–Trinajstić information content (AvgIpc) is 2.80. The molecule has 0 saturated carbocycles. The first-order valence-electron chi connectivity index (χ1n) is 7.42. The highest BCUT2D eigenvalue weighted by atomic mass is 16.2. The van der Waals surface area contributed by atoms with Crippen LogP contribution in [0.5, 0.6) is 0 Å². The van der Waals surface area contributed by atoms with Crippen LogP contribution in [0.3, 0.4) is 0 Å². The molecule has 1 atom stereocenters. The SMILES string of the molecule is CC(NCCc1ccccc1)N1C(=O)c2ccccc2C1=O. The first-order valence-corrected chi connectivity index (χ1v) is 7.42. The molecule has 0 aliphatic carbocycles. The molecule has 1 aliphatic rings. The van der Waals surface area contributed by atoms with Gasteiger partial charge in [-0.05, 0) is 31.0 Å². The lowest BCUT2D eigenvalue weighted by molar-refractivity contribution is 0.0570. The fourth-order valence-electron chi connectivity index (χ4n) is 2.72. The molecule has 22 heavy (non-hydrogen) atoms. The van der Waals surface area contributed by atoms with Crippen molar-refractivity contribution in [2.45, 2.75) is 19.5 Å². The number of hydrogen-bond donors (Lipinski definition) is 1. The highest BCUT2D eigenvalue weighted by Gasteiger charge is 2.37. The number of imide groups is 1. The van der Waals surface area contributed by atoms with E-state index in [2.05, 4.69) is 17.4 Å². The van der Waals surface area contributed by atoms with Gasteiger partial charge in [0.15, 0.2) is 0 Å². The molecule has 0 aromatic heterocycles. The normalized spacial score (nSPS) is 15.0. The van der Waals surface area contributed by atoms with Gasteiger partial charge in [-0.25, -0.2) is 0 Å². The van der Waals surface area contributed by atoms with E-state index < -0.39 is 0 Å². The van der Waals surface area contributed by atoms with Crippen molar-refractivity contribution in [3.8, 4) is 0 Å². The zero-order valence-corrected chi connectivity index (χ0v) is 12.5. The predicted molar refractivity (Wildman–Crippen MR) is 84.6 cm³/mol. The summed E-state index contributed by atoms with van der Waals surface area (Å²) in [5.74, 6) is -0.444. The zero-order chi connectivity index (χ0) is 15.5. The van der Waals surface area contributed by atoms with Crippen LogP contribution in [-0.4, -0.2) is 29.4 Å². The van der Waals surface area contributed by atoms with Crippen LogP contribution in [0, 0.1) is 0 Å². The van der Waals surface area contributed by atoms with Crippen LogP contribution in [0.2, 0.25) is 0 Å². The second kappa shape index (κ2) is 6.12. The van der Waals surface area contributed by atoms with E-state index in [1.165, 1.54) is 10.5 Å². The molecule has 0 radical (unpaired) electrons. The van der Waals surface area contributed by atoms with E-state index in [-0.39, 0.29) is 18.0 Å². The van der Waals surface area contributed by atoms with Crippen LogP contribution in [0.25, 0.3) is 0 Å². The quantitative estimate of drug-likeness (QED) is 0.862. The molecular weight excluding hydrogens is 276 g/mol. The molecule has 0 bridgehead atoms.